The van der Waals surface area contributed by atoms with Gasteiger partial charge in [-0.25, -0.2) is 0 Å². The smallest absolute Gasteiger partial charge is 0.162 e. The van der Waals surface area contributed by atoms with Crippen LogP contribution in [0.5, 0.6) is 5.75 Å². The lowest BCUT2D eigenvalue weighted by Crippen LogP contribution is -2.23. The Balaban J connectivity index is 2.18. The van der Waals surface area contributed by atoms with Gasteiger partial charge in [-0.2, -0.15) is 5.10 Å². The monoisotopic (exact) mass is 280 g/mol. The van der Waals surface area contributed by atoms with Gasteiger partial charge < -0.3 is 9.84 Å². The van der Waals surface area contributed by atoms with Crippen LogP contribution in [0.3, 0.4) is 0 Å². The summed E-state index contributed by atoms with van der Waals surface area (Å²) in [6, 6.07) is 0. The molecule has 1 aliphatic rings. The van der Waals surface area contributed by atoms with Crippen molar-refractivity contribution in [2.45, 2.75) is 65.0 Å². The number of aliphatic hydroxyl groups excluding tert-OH is 1. The van der Waals surface area contributed by atoms with Gasteiger partial charge in [0.2, 0.25) is 0 Å². The summed E-state index contributed by atoms with van der Waals surface area (Å²) in [6.45, 7) is 5.21. The third kappa shape index (κ3) is 3.17. The Bertz CT molecular complexity index is 417. The van der Waals surface area contributed by atoms with Crippen molar-refractivity contribution in [3.05, 3.63) is 11.9 Å². The Morgan fingerprint density at radius 2 is 2.25 bits per heavy atom. The number of ether oxygens (including phenoxy) is 1. The van der Waals surface area contributed by atoms with E-state index in [1.54, 1.807) is 13.3 Å². The van der Waals surface area contributed by atoms with Crippen LogP contribution < -0.4 is 4.74 Å². The predicted octanol–water partition coefficient (Wildman–Crippen LogP) is 3.55. The standard InChI is InChI=1S/C16H28N2O2/c1-4-9-18-15(14(20-3)11-17-18)16(19)13-8-6-7-12(5-2)10-13/h11-13,16,19H,4-10H2,1-3H3. The van der Waals surface area contributed by atoms with Gasteiger partial charge in [0.1, 0.15) is 11.8 Å². The average molecular weight is 280 g/mol. The molecule has 4 heteroatoms. The molecular formula is C16H28N2O2. The average Bonchev–Trinajstić information content (AvgIpc) is 2.89. The normalized spacial score (nSPS) is 24.6. The second-order valence-corrected chi connectivity index (χ2v) is 5.97. The highest BCUT2D eigenvalue weighted by Crippen LogP contribution is 2.40. The van der Waals surface area contributed by atoms with Crippen LogP contribution in [0.25, 0.3) is 0 Å². The van der Waals surface area contributed by atoms with Gasteiger partial charge in [-0.1, -0.05) is 33.1 Å². The molecule has 1 heterocycles. The minimum Gasteiger partial charge on any atom is -0.493 e. The summed E-state index contributed by atoms with van der Waals surface area (Å²) >= 11 is 0. The molecule has 1 N–H and O–H groups in total. The summed E-state index contributed by atoms with van der Waals surface area (Å²) in [5, 5.41) is 15.2. The summed E-state index contributed by atoms with van der Waals surface area (Å²) in [5.74, 6) is 1.83. The maximum Gasteiger partial charge on any atom is 0.162 e. The number of aryl methyl sites for hydroxylation is 1. The van der Waals surface area contributed by atoms with Gasteiger partial charge >= 0.3 is 0 Å². The zero-order valence-electron chi connectivity index (χ0n) is 13.0. The number of rotatable bonds is 6. The molecule has 0 bridgehead atoms. The van der Waals surface area contributed by atoms with E-state index in [1.807, 2.05) is 4.68 Å². The molecule has 0 aromatic carbocycles. The van der Waals surface area contributed by atoms with Crippen LogP contribution in [0.1, 0.15) is 64.2 Å². The van der Waals surface area contributed by atoms with Gasteiger partial charge in [-0.3, -0.25) is 4.68 Å². The molecule has 0 radical (unpaired) electrons. The summed E-state index contributed by atoms with van der Waals surface area (Å²) in [6.07, 6.45) is 8.27. The molecule has 114 valence electrons. The van der Waals surface area contributed by atoms with Crippen LogP contribution in [0, 0.1) is 11.8 Å². The summed E-state index contributed by atoms with van der Waals surface area (Å²) < 4.78 is 7.31. The first-order valence-corrected chi connectivity index (χ1v) is 7.98. The molecule has 1 aromatic rings. The molecule has 20 heavy (non-hydrogen) atoms. The molecule has 2 rings (SSSR count). The fourth-order valence-electron chi connectivity index (χ4n) is 3.44. The SMILES string of the molecule is CCCn1ncc(OC)c1C(O)C1CCCC(CC)C1. The lowest BCUT2D eigenvalue weighted by molar-refractivity contribution is 0.0586. The van der Waals surface area contributed by atoms with Crippen LogP contribution in [0.15, 0.2) is 6.20 Å². The van der Waals surface area contributed by atoms with Gasteiger partial charge in [-0.15, -0.1) is 0 Å². The van der Waals surface area contributed by atoms with Crippen molar-refractivity contribution >= 4 is 0 Å². The highest BCUT2D eigenvalue weighted by Gasteiger charge is 2.31. The van der Waals surface area contributed by atoms with Gasteiger partial charge in [0.25, 0.3) is 0 Å². The van der Waals surface area contributed by atoms with E-state index >= 15 is 0 Å². The first-order chi connectivity index (χ1) is 9.71. The van der Waals surface area contributed by atoms with E-state index < -0.39 is 6.10 Å². The molecule has 1 fully saturated rings. The summed E-state index contributed by atoms with van der Waals surface area (Å²) in [5.41, 5.74) is 0.871. The number of aromatic nitrogens is 2. The predicted molar refractivity (Wildman–Crippen MR) is 79.8 cm³/mol. The van der Waals surface area contributed by atoms with Crippen LogP contribution >= 0.6 is 0 Å². The third-order valence-electron chi connectivity index (χ3n) is 4.63. The highest BCUT2D eigenvalue weighted by atomic mass is 16.5. The zero-order valence-corrected chi connectivity index (χ0v) is 13.0. The maximum atomic E-state index is 10.8. The van der Waals surface area contributed by atoms with Crippen molar-refractivity contribution in [2.24, 2.45) is 11.8 Å². The molecule has 1 saturated carbocycles. The lowest BCUT2D eigenvalue weighted by atomic mass is 9.77. The van der Waals surface area contributed by atoms with Crippen molar-refractivity contribution in [1.82, 2.24) is 9.78 Å². The zero-order chi connectivity index (χ0) is 14.5. The molecule has 4 nitrogen and oxygen atoms in total. The van der Waals surface area contributed by atoms with Crippen molar-refractivity contribution in [1.29, 1.82) is 0 Å². The third-order valence-corrected chi connectivity index (χ3v) is 4.63. The second kappa shape index (κ2) is 7.11. The summed E-state index contributed by atoms with van der Waals surface area (Å²) in [4.78, 5) is 0. The van der Waals surface area contributed by atoms with Crippen LogP contribution in [-0.4, -0.2) is 22.0 Å². The van der Waals surface area contributed by atoms with E-state index in [-0.39, 0.29) is 0 Å². The molecule has 3 atom stereocenters. The largest absolute Gasteiger partial charge is 0.493 e. The minimum atomic E-state index is -0.451. The fourth-order valence-corrected chi connectivity index (χ4v) is 3.44. The van der Waals surface area contributed by atoms with E-state index in [4.69, 9.17) is 4.74 Å². The van der Waals surface area contributed by atoms with E-state index in [0.717, 1.165) is 43.2 Å². The Morgan fingerprint density at radius 3 is 2.90 bits per heavy atom. The van der Waals surface area contributed by atoms with Gasteiger partial charge in [0.15, 0.2) is 5.75 Å². The lowest BCUT2D eigenvalue weighted by Gasteiger charge is -2.32. The van der Waals surface area contributed by atoms with Gasteiger partial charge in [0.05, 0.1) is 13.3 Å². The van der Waals surface area contributed by atoms with Crippen molar-refractivity contribution in [2.75, 3.05) is 7.11 Å². The number of methoxy groups -OCH3 is 1. The van der Waals surface area contributed by atoms with E-state index in [9.17, 15) is 5.11 Å². The second-order valence-electron chi connectivity index (χ2n) is 5.97. The first-order valence-electron chi connectivity index (χ1n) is 7.98. The van der Waals surface area contributed by atoms with Crippen LogP contribution in [-0.2, 0) is 6.54 Å². The molecular weight excluding hydrogens is 252 g/mol. The quantitative estimate of drug-likeness (QED) is 0.867. The molecule has 0 amide bonds. The minimum absolute atomic E-state index is 0.343. The molecule has 3 unspecified atom stereocenters. The Morgan fingerprint density at radius 1 is 1.45 bits per heavy atom. The Kier molecular flexibility index (Phi) is 5.46. The van der Waals surface area contributed by atoms with Crippen molar-refractivity contribution in [3.8, 4) is 5.75 Å². The van der Waals surface area contributed by atoms with Gasteiger partial charge in [0, 0.05) is 6.54 Å². The molecule has 1 aliphatic carbocycles. The van der Waals surface area contributed by atoms with E-state index in [0.29, 0.717) is 5.92 Å². The molecule has 0 aliphatic heterocycles. The molecule has 1 aromatic heterocycles. The van der Waals surface area contributed by atoms with Crippen LogP contribution in [0.4, 0.5) is 0 Å². The number of hydrogen-bond acceptors (Lipinski definition) is 3. The van der Waals surface area contributed by atoms with Gasteiger partial charge in [-0.05, 0) is 31.1 Å². The molecule has 0 spiro atoms. The van der Waals surface area contributed by atoms with E-state index in [2.05, 4.69) is 18.9 Å². The first kappa shape index (κ1) is 15.4. The Hall–Kier alpha value is -1.03. The fraction of sp³-hybridized carbons (Fsp3) is 0.812. The molecule has 0 saturated heterocycles. The van der Waals surface area contributed by atoms with Crippen molar-refractivity contribution in [3.63, 3.8) is 0 Å². The van der Waals surface area contributed by atoms with Crippen molar-refractivity contribution < 1.29 is 9.84 Å². The Labute approximate surface area is 122 Å². The van der Waals surface area contributed by atoms with Crippen LogP contribution in [0.2, 0.25) is 0 Å². The number of hydrogen-bond donors (Lipinski definition) is 1. The number of nitrogens with zero attached hydrogens (tertiary/aromatic N) is 2. The topological polar surface area (TPSA) is 47.3 Å². The highest BCUT2D eigenvalue weighted by molar-refractivity contribution is 5.27. The summed E-state index contributed by atoms with van der Waals surface area (Å²) in [7, 11) is 1.65. The maximum absolute atomic E-state index is 10.8. The number of aliphatic hydroxyl groups is 1. The van der Waals surface area contributed by atoms with E-state index in [1.165, 1.54) is 19.3 Å².